The molecule has 7 nitrogen and oxygen atoms in total. The molecule has 0 atom stereocenters. The van der Waals surface area contributed by atoms with Gasteiger partial charge in [-0.2, -0.15) is 5.10 Å². The second kappa shape index (κ2) is 12.2. The highest BCUT2D eigenvalue weighted by Crippen LogP contribution is 2.33. The van der Waals surface area contributed by atoms with Gasteiger partial charge in [0.15, 0.2) is 23.2 Å². The van der Waals surface area contributed by atoms with E-state index < -0.39 is 0 Å². The van der Waals surface area contributed by atoms with Crippen molar-refractivity contribution in [2.75, 3.05) is 19.8 Å². The van der Waals surface area contributed by atoms with Gasteiger partial charge in [0.2, 0.25) is 0 Å². The van der Waals surface area contributed by atoms with Gasteiger partial charge in [0.25, 0.3) is 5.91 Å². The van der Waals surface area contributed by atoms with Crippen LogP contribution < -0.4 is 25.9 Å². The first kappa shape index (κ1) is 22.9. The van der Waals surface area contributed by atoms with Gasteiger partial charge in [0, 0.05) is 6.54 Å². The summed E-state index contributed by atoms with van der Waals surface area (Å²) in [6.45, 7) is 2.79. The van der Waals surface area contributed by atoms with Crippen molar-refractivity contribution in [3.63, 3.8) is 0 Å². The molecule has 1 amide bonds. The van der Waals surface area contributed by atoms with E-state index in [1.165, 1.54) is 5.56 Å². The lowest BCUT2D eigenvalue weighted by molar-refractivity contribution is -0.123. The lowest BCUT2D eigenvalue weighted by atomic mass is 10.1. The second-order valence-corrected chi connectivity index (χ2v) is 7.47. The molecular weight excluding hydrogens is 503 g/mol. The highest BCUT2D eigenvalue weighted by Gasteiger charge is 2.13. The monoisotopic (exact) mass is 526 g/mol. The molecule has 0 spiro atoms. The third kappa shape index (κ3) is 8.24. The van der Waals surface area contributed by atoms with Crippen LogP contribution in [0.3, 0.4) is 0 Å². The van der Waals surface area contributed by atoms with Crippen LogP contribution >= 0.6 is 34.8 Å². The number of thiocarbonyl (C=S) groups is 1. The number of amides is 1. The fraction of sp³-hybridized carbons (Fsp3) is 0.250. The maximum Gasteiger partial charge on any atom is 0.257 e. The number of carbonyl (C=O) groups is 1. The van der Waals surface area contributed by atoms with Crippen molar-refractivity contribution in [2.45, 2.75) is 13.3 Å². The van der Waals surface area contributed by atoms with Gasteiger partial charge >= 0.3 is 0 Å². The Morgan fingerprint density at radius 2 is 2.03 bits per heavy atom. The number of hydrazone groups is 1. The van der Waals surface area contributed by atoms with E-state index in [0.717, 1.165) is 15.6 Å². The van der Waals surface area contributed by atoms with Gasteiger partial charge in [-0.3, -0.25) is 10.2 Å². The van der Waals surface area contributed by atoms with Crippen molar-refractivity contribution >= 4 is 52.0 Å². The highest BCUT2D eigenvalue weighted by atomic mass is 127. The normalized spacial score (nSPS) is 10.6. The van der Waals surface area contributed by atoms with E-state index in [4.69, 9.17) is 27.4 Å². The number of hydrogen-bond acceptors (Lipinski definition) is 5. The van der Waals surface area contributed by atoms with Gasteiger partial charge in [-0.15, -0.1) is 0 Å². The Kier molecular flexibility index (Phi) is 9.65. The minimum Gasteiger partial charge on any atom is -0.490 e. The van der Waals surface area contributed by atoms with Crippen LogP contribution in [0.5, 0.6) is 11.5 Å². The van der Waals surface area contributed by atoms with E-state index in [0.29, 0.717) is 24.7 Å². The molecular formula is C20H23IN4O3S. The Bertz CT molecular complexity index is 862. The molecule has 29 heavy (non-hydrogen) atoms. The predicted octanol–water partition coefficient (Wildman–Crippen LogP) is 2.59. The minimum absolute atomic E-state index is 0.0826. The van der Waals surface area contributed by atoms with Crippen LogP contribution in [-0.2, 0) is 11.2 Å². The van der Waals surface area contributed by atoms with E-state index in [1.807, 2.05) is 43.3 Å². The molecule has 154 valence electrons. The zero-order valence-electron chi connectivity index (χ0n) is 16.0. The Balaban J connectivity index is 1.94. The van der Waals surface area contributed by atoms with Crippen molar-refractivity contribution < 1.29 is 14.3 Å². The molecule has 0 bridgehead atoms. The van der Waals surface area contributed by atoms with Crippen LogP contribution in [0.4, 0.5) is 0 Å². The SMILES string of the molecule is CCOc1cc(C=NNC(N)=S)cc(I)c1OCC(=O)NCCc1ccccc1. The number of nitrogens with one attached hydrogen (secondary N) is 2. The highest BCUT2D eigenvalue weighted by molar-refractivity contribution is 14.1. The van der Waals surface area contributed by atoms with E-state index in [2.05, 4.69) is 38.4 Å². The minimum atomic E-state index is -0.189. The standard InChI is InChI=1S/C20H23IN4O3S/c1-2-27-17-11-15(12-24-25-20(22)29)10-16(21)19(17)28-13-18(26)23-9-8-14-6-4-3-5-7-14/h3-7,10-12H,2,8-9,13H2,1H3,(H,23,26)(H3,22,25,29). The van der Waals surface area contributed by atoms with Gasteiger partial charge < -0.3 is 20.5 Å². The molecule has 0 saturated heterocycles. The maximum absolute atomic E-state index is 12.1. The van der Waals surface area contributed by atoms with Crippen molar-refractivity contribution in [3.8, 4) is 11.5 Å². The molecule has 2 aromatic carbocycles. The predicted molar refractivity (Wildman–Crippen MR) is 126 cm³/mol. The Hall–Kier alpha value is -2.40. The van der Waals surface area contributed by atoms with Gasteiger partial charge in [0.05, 0.1) is 16.4 Å². The van der Waals surface area contributed by atoms with Crippen LogP contribution in [0.1, 0.15) is 18.1 Å². The summed E-state index contributed by atoms with van der Waals surface area (Å²) >= 11 is 6.84. The molecule has 0 aliphatic rings. The number of carbonyl (C=O) groups excluding carboxylic acids is 1. The maximum atomic E-state index is 12.1. The molecule has 0 fully saturated rings. The number of nitrogens with two attached hydrogens (primary N) is 1. The summed E-state index contributed by atoms with van der Waals surface area (Å²) in [7, 11) is 0. The zero-order valence-corrected chi connectivity index (χ0v) is 19.0. The Morgan fingerprint density at radius 3 is 2.72 bits per heavy atom. The van der Waals surface area contributed by atoms with E-state index in [9.17, 15) is 4.79 Å². The summed E-state index contributed by atoms with van der Waals surface area (Å²) < 4.78 is 12.2. The quantitative estimate of drug-likeness (QED) is 0.191. The van der Waals surface area contributed by atoms with Crippen molar-refractivity contribution in [2.24, 2.45) is 10.8 Å². The van der Waals surface area contributed by atoms with E-state index in [-0.39, 0.29) is 17.6 Å². The Labute approximate surface area is 189 Å². The van der Waals surface area contributed by atoms with Crippen molar-refractivity contribution in [1.29, 1.82) is 0 Å². The Morgan fingerprint density at radius 1 is 1.28 bits per heavy atom. The number of hydrogen-bond donors (Lipinski definition) is 3. The molecule has 2 rings (SSSR count). The first-order valence-corrected chi connectivity index (χ1v) is 10.5. The third-order valence-corrected chi connectivity index (χ3v) is 4.54. The average Bonchev–Trinajstić information content (AvgIpc) is 2.68. The van der Waals surface area contributed by atoms with Crippen molar-refractivity contribution in [1.82, 2.24) is 10.7 Å². The third-order valence-electron chi connectivity index (χ3n) is 3.65. The second-order valence-electron chi connectivity index (χ2n) is 5.87. The molecule has 0 radical (unpaired) electrons. The summed E-state index contributed by atoms with van der Waals surface area (Å²) in [6, 6.07) is 13.6. The lowest BCUT2D eigenvalue weighted by Crippen LogP contribution is -2.30. The molecule has 9 heteroatoms. The summed E-state index contributed by atoms with van der Waals surface area (Å²) in [5.41, 5.74) is 9.80. The lowest BCUT2D eigenvalue weighted by Gasteiger charge is -2.14. The summed E-state index contributed by atoms with van der Waals surface area (Å²) in [5, 5.41) is 6.89. The molecule has 0 aliphatic carbocycles. The van der Waals surface area contributed by atoms with Gasteiger partial charge in [-0.05, 0) is 71.4 Å². The van der Waals surface area contributed by atoms with E-state index >= 15 is 0 Å². The largest absolute Gasteiger partial charge is 0.490 e. The van der Waals surface area contributed by atoms with Crippen LogP contribution in [0.25, 0.3) is 0 Å². The number of nitrogens with zero attached hydrogens (tertiary/aromatic N) is 1. The number of benzene rings is 2. The number of rotatable bonds is 10. The summed E-state index contributed by atoms with van der Waals surface area (Å²) in [5.74, 6) is 0.865. The number of halogens is 1. The van der Waals surface area contributed by atoms with Crippen LogP contribution in [0, 0.1) is 3.57 Å². The first-order valence-electron chi connectivity index (χ1n) is 8.98. The van der Waals surface area contributed by atoms with Crippen molar-refractivity contribution in [3.05, 3.63) is 57.2 Å². The average molecular weight is 526 g/mol. The number of ether oxygens (including phenoxy) is 2. The van der Waals surface area contributed by atoms with Crippen LogP contribution in [0.15, 0.2) is 47.6 Å². The first-order chi connectivity index (χ1) is 14.0. The molecule has 0 aromatic heterocycles. The molecule has 0 aliphatic heterocycles. The van der Waals surface area contributed by atoms with Gasteiger partial charge in [-0.1, -0.05) is 30.3 Å². The molecule has 0 unspecified atom stereocenters. The fourth-order valence-electron chi connectivity index (χ4n) is 2.42. The molecule has 0 heterocycles. The van der Waals surface area contributed by atoms with E-state index in [1.54, 1.807) is 12.3 Å². The van der Waals surface area contributed by atoms with Gasteiger partial charge in [-0.25, -0.2) is 0 Å². The fourth-order valence-corrected chi connectivity index (χ4v) is 3.25. The smallest absolute Gasteiger partial charge is 0.257 e. The zero-order chi connectivity index (χ0) is 21.1. The molecule has 2 aromatic rings. The summed E-state index contributed by atoms with van der Waals surface area (Å²) in [4.78, 5) is 12.1. The summed E-state index contributed by atoms with van der Waals surface area (Å²) in [6.07, 6.45) is 2.34. The van der Waals surface area contributed by atoms with Crippen LogP contribution in [0.2, 0.25) is 0 Å². The van der Waals surface area contributed by atoms with Crippen LogP contribution in [-0.4, -0.2) is 37.0 Å². The van der Waals surface area contributed by atoms with Gasteiger partial charge in [0.1, 0.15) is 0 Å². The topological polar surface area (TPSA) is 98.0 Å². The molecule has 0 saturated carbocycles. The molecule has 4 N–H and O–H groups in total.